The topological polar surface area (TPSA) is 72.2 Å². The lowest BCUT2D eigenvalue weighted by Crippen LogP contribution is -2.39. The minimum Gasteiger partial charge on any atom is -0.350 e. The summed E-state index contributed by atoms with van der Waals surface area (Å²) in [5.74, 6) is 0.125. The largest absolute Gasteiger partial charge is 0.350 e. The van der Waals surface area contributed by atoms with Gasteiger partial charge in [0.1, 0.15) is 0 Å². The van der Waals surface area contributed by atoms with Gasteiger partial charge in [-0.25, -0.2) is 0 Å². The lowest BCUT2D eigenvalue weighted by Gasteiger charge is -2.13. The molecule has 1 aliphatic carbocycles. The van der Waals surface area contributed by atoms with E-state index in [0.717, 1.165) is 12.8 Å². The first-order chi connectivity index (χ1) is 11.2. The SMILES string of the molecule is NC(CNC(=O)c1ccccc1C(=O)c1ccccc1)C1CC1. The van der Waals surface area contributed by atoms with Gasteiger partial charge >= 0.3 is 0 Å². The van der Waals surface area contributed by atoms with Crippen molar-refractivity contribution in [3.8, 4) is 0 Å². The zero-order chi connectivity index (χ0) is 16.2. The molecule has 3 N–H and O–H groups in total. The van der Waals surface area contributed by atoms with Gasteiger partial charge in [-0.1, -0.05) is 48.5 Å². The highest BCUT2D eigenvalue weighted by molar-refractivity contribution is 6.15. The van der Waals surface area contributed by atoms with Gasteiger partial charge in [0, 0.05) is 23.7 Å². The molecule has 1 fully saturated rings. The Kier molecular flexibility index (Phi) is 4.53. The monoisotopic (exact) mass is 308 g/mol. The second-order valence-electron chi connectivity index (χ2n) is 5.95. The fraction of sp³-hybridized carbons (Fsp3) is 0.263. The Hall–Kier alpha value is -2.46. The third kappa shape index (κ3) is 3.66. The lowest BCUT2D eigenvalue weighted by molar-refractivity contribution is 0.0939. The van der Waals surface area contributed by atoms with Crippen molar-refractivity contribution >= 4 is 11.7 Å². The van der Waals surface area contributed by atoms with Crippen LogP contribution in [0.1, 0.15) is 39.1 Å². The standard InChI is InChI=1S/C19H20N2O2/c20-17(13-10-11-13)12-21-19(23)16-9-5-4-8-15(16)18(22)14-6-2-1-3-7-14/h1-9,13,17H,10-12,20H2,(H,21,23). The summed E-state index contributed by atoms with van der Waals surface area (Å²) in [4.78, 5) is 25.1. The van der Waals surface area contributed by atoms with Crippen LogP contribution in [-0.4, -0.2) is 24.3 Å². The number of carbonyl (C=O) groups excluding carboxylic acids is 2. The fourth-order valence-corrected chi connectivity index (χ4v) is 2.62. The Morgan fingerprint density at radius 2 is 1.61 bits per heavy atom. The Morgan fingerprint density at radius 3 is 2.26 bits per heavy atom. The highest BCUT2D eigenvalue weighted by Gasteiger charge is 2.28. The number of hydrogen-bond donors (Lipinski definition) is 2. The molecule has 23 heavy (non-hydrogen) atoms. The van der Waals surface area contributed by atoms with E-state index in [1.165, 1.54) is 0 Å². The molecule has 0 aliphatic heterocycles. The Balaban J connectivity index is 1.77. The third-order valence-corrected chi connectivity index (χ3v) is 4.18. The van der Waals surface area contributed by atoms with E-state index in [9.17, 15) is 9.59 Å². The van der Waals surface area contributed by atoms with Crippen molar-refractivity contribution < 1.29 is 9.59 Å². The summed E-state index contributed by atoms with van der Waals surface area (Å²) in [6.07, 6.45) is 2.28. The predicted octanol–water partition coefficient (Wildman–Crippen LogP) is 2.38. The van der Waals surface area contributed by atoms with E-state index < -0.39 is 0 Å². The highest BCUT2D eigenvalue weighted by atomic mass is 16.2. The number of carbonyl (C=O) groups is 2. The number of benzene rings is 2. The molecule has 2 aromatic carbocycles. The fourth-order valence-electron chi connectivity index (χ4n) is 2.62. The van der Waals surface area contributed by atoms with Crippen LogP contribution in [0.2, 0.25) is 0 Å². The van der Waals surface area contributed by atoms with Gasteiger partial charge in [-0.3, -0.25) is 9.59 Å². The van der Waals surface area contributed by atoms with Crippen molar-refractivity contribution in [2.45, 2.75) is 18.9 Å². The zero-order valence-corrected chi connectivity index (χ0v) is 12.9. The molecule has 1 atom stereocenters. The van der Waals surface area contributed by atoms with E-state index in [4.69, 9.17) is 5.73 Å². The molecule has 0 aromatic heterocycles. The van der Waals surface area contributed by atoms with Crippen LogP contribution in [0.4, 0.5) is 0 Å². The second-order valence-corrected chi connectivity index (χ2v) is 5.95. The summed E-state index contributed by atoms with van der Waals surface area (Å²) >= 11 is 0. The number of nitrogens with two attached hydrogens (primary N) is 1. The molecule has 4 heteroatoms. The van der Waals surface area contributed by atoms with E-state index in [1.54, 1.807) is 36.4 Å². The maximum atomic E-state index is 12.6. The molecule has 1 unspecified atom stereocenters. The van der Waals surface area contributed by atoms with E-state index in [1.807, 2.05) is 18.2 Å². The molecular formula is C19H20N2O2. The molecule has 0 saturated heterocycles. The molecule has 0 spiro atoms. The van der Waals surface area contributed by atoms with E-state index >= 15 is 0 Å². The molecule has 1 saturated carbocycles. The van der Waals surface area contributed by atoms with Gasteiger partial charge in [0.15, 0.2) is 5.78 Å². The predicted molar refractivity (Wildman–Crippen MR) is 89.3 cm³/mol. The van der Waals surface area contributed by atoms with Crippen LogP contribution in [-0.2, 0) is 0 Å². The van der Waals surface area contributed by atoms with Gasteiger partial charge in [-0.2, -0.15) is 0 Å². The maximum Gasteiger partial charge on any atom is 0.252 e. The smallest absolute Gasteiger partial charge is 0.252 e. The quantitative estimate of drug-likeness (QED) is 0.805. The summed E-state index contributed by atoms with van der Waals surface area (Å²) < 4.78 is 0. The van der Waals surface area contributed by atoms with Gasteiger partial charge < -0.3 is 11.1 Å². The summed E-state index contributed by atoms with van der Waals surface area (Å²) in [5.41, 5.74) is 7.39. The maximum absolute atomic E-state index is 12.6. The normalized spacial score (nSPS) is 15.0. The first-order valence-electron chi connectivity index (χ1n) is 7.89. The van der Waals surface area contributed by atoms with Crippen molar-refractivity contribution in [2.24, 2.45) is 11.7 Å². The number of rotatable bonds is 6. The minimum absolute atomic E-state index is 0.00376. The number of ketones is 1. The lowest BCUT2D eigenvalue weighted by atomic mass is 9.98. The van der Waals surface area contributed by atoms with Crippen molar-refractivity contribution in [3.63, 3.8) is 0 Å². The van der Waals surface area contributed by atoms with Crippen LogP contribution in [0.5, 0.6) is 0 Å². The van der Waals surface area contributed by atoms with Crippen LogP contribution < -0.4 is 11.1 Å². The van der Waals surface area contributed by atoms with Gasteiger partial charge in [0.2, 0.25) is 0 Å². The molecule has 0 heterocycles. The van der Waals surface area contributed by atoms with Crippen LogP contribution >= 0.6 is 0 Å². The average Bonchev–Trinajstić information content (AvgIpc) is 3.44. The molecule has 3 rings (SSSR count). The van der Waals surface area contributed by atoms with Gasteiger partial charge in [-0.15, -0.1) is 0 Å². The van der Waals surface area contributed by atoms with E-state index in [0.29, 0.717) is 29.2 Å². The van der Waals surface area contributed by atoms with Gasteiger partial charge in [0.05, 0.1) is 5.56 Å². The first-order valence-corrected chi connectivity index (χ1v) is 7.89. The summed E-state index contributed by atoms with van der Waals surface area (Å²) in [7, 11) is 0. The summed E-state index contributed by atoms with van der Waals surface area (Å²) in [5, 5.41) is 2.85. The van der Waals surface area contributed by atoms with Crippen LogP contribution in [0.15, 0.2) is 54.6 Å². The van der Waals surface area contributed by atoms with Gasteiger partial charge in [-0.05, 0) is 24.8 Å². The highest BCUT2D eigenvalue weighted by Crippen LogP contribution is 2.31. The van der Waals surface area contributed by atoms with Crippen LogP contribution in [0.25, 0.3) is 0 Å². The molecule has 4 nitrogen and oxygen atoms in total. The molecule has 0 radical (unpaired) electrons. The van der Waals surface area contributed by atoms with Crippen molar-refractivity contribution in [1.29, 1.82) is 0 Å². The summed E-state index contributed by atoms with van der Waals surface area (Å²) in [6, 6.07) is 15.9. The minimum atomic E-state index is -0.249. The third-order valence-electron chi connectivity index (χ3n) is 4.18. The number of nitrogens with one attached hydrogen (secondary N) is 1. The molecule has 1 amide bonds. The first kappa shape index (κ1) is 15.4. The second kappa shape index (κ2) is 6.75. The van der Waals surface area contributed by atoms with Crippen molar-refractivity contribution in [1.82, 2.24) is 5.32 Å². The Bertz CT molecular complexity index is 708. The Morgan fingerprint density at radius 1 is 1.00 bits per heavy atom. The zero-order valence-electron chi connectivity index (χ0n) is 12.9. The van der Waals surface area contributed by atoms with Crippen LogP contribution in [0.3, 0.4) is 0 Å². The molecule has 0 bridgehead atoms. The van der Waals surface area contributed by atoms with Gasteiger partial charge in [0.25, 0.3) is 5.91 Å². The molecular weight excluding hydrogens is 288 g/mol. The number of hydrogen-bond acceptors (Lipinski definition) is 3. The van der Waals surface area contributed by atoms with E-state index in [2.05, 4.69) is 5.32 Å². The Labute approximate surface area is 135 Å². The van der Waals surface area contributed by atoms with Crippen molar-refractivity contribution in [2.75, 3.05) is 6.54 Å². The summed E-state index contributed by atoms with van der Waals surface area (Å²) in [6.45, 7) is 0.442. The van der Waals surface area contributed by atoms with Crippen LogP contribution in [0, 0.1) is 5.92 Å². The van der Waals surface area contributed by atoms with Crippen molar-refractivity contribution in [3.05, 3.63) is 71.3 Å². The molecule has 118 valence electrons. The average molecular weight is 308 g/mol. The number of amides is 1. The molecule has 1 aliphatic rings. The van der Waals surface area contributed by atoms with E-state index in [-0.39, 0.29) is 17.7 Å². The molecule has 2 aromatic rings.